The predicted octanol–water partition coefficient (Wildman–Crippen LogP) is 8.37. The maximum atomic E-state index is 6.53. The molecule has 0 saturated carbocycles. The van der Waals surface area contributed by atoms with Crippen molar-refractivity contribution in [3.8, 4) is 22.3 Å². The van der Waals surface area contributed by atoms with E-state index in [1.807, 2.05) is 0 Å². The smallest absolute Gasteiger partial charge is 0.456 e. The molecule has 2 heterocycles. The quantitative estimate of drug-likeness (QED) is 0.231. The van der Waals surface area contributed by atoms with Gasteiger partial charge in [-0.2, -0.15) is 0 Å². The number of benzene rings is 5. The molecular weight excluding hydrogens is 467 g/mol. The summed E-state index contributed by atoms with van der Waals surface area (Å²) in [5.41, 5.74) is 6.53. The Kier molecular flexibility index (Phi) is 5.10. The molecular formula is C34H29BO3. The lowest BCUT2D eigenvalue weighted by atomic mass is 9.72. The van der Waals surface area contributed by atoms with Crippen LogP contribution in [-0.4, -0.2) is 18.3 Å². The SMILES string of the molecule is CC1(C)OB(c2cccc(-c3ccc4oc5ccc6ccccc6c5c4c3)c2-c2ccccc2)OC1(C)C. The average molecular weight is 496 g/mol. The fraction of sp³-hybridized carbons (Fsp3) is 0.176. The molecule has 6 aromatic rings. The van der Waals surface area contributed by atoms with Gasteiger partial charge in [0.2, 0.25) is 0 Å². The third-order valence-electron chi connectivity index (χ3n) is 8.34. The highest BCUT2D eigenvalue weighted by atomic mass is 16.7. The summed E-state index contributed by atoms with van der Waals surface area (Å²) >= 11 is 0. The Bertz CT molecular complexity index is 1820. The lowest BCUT2D eigenvalue weighted by Crippen LogP contribution is -2.41. The maximum absolute atomic E-state index is 6.53. The van der Waals surface area contributed by atoms with Crippen molar-refractivity contribution in [3.05, 3.63) is 103 Å². The molecule has 1 aliphatic rings. The van der Waals surface area contributed by atoms with Crippen molar-refractivity contribution in [1.29, 1.82) is 0 Å². The molecule has 0 amide bonds. The van der Waals surface area contributed by atoms with E-state index in [4.69, 9.17) is 13.7 Å². The Labute approximate surface area is 223 Å². The molecule has 3 nitrogen and oxygen atoms in total. The molecule has 186 valence electrons. The van der Waals surface area contributed by atoms with Crippen LogP contribution >= 0.6 is 0 Å². The van der Waals surface area contributed by atoms with Gasteiger partial charge in [-0.25, -0.2) is 0 Å². The summed E-state index contributed by atoms with van der Waals surface area (Å²) in [6.45, 7) is 8.39. The minimum absolute atomic E-state index is 0.419. The van der Waals surface area contributed by atoms with Crippen LogP contribution in [0.3, 0.4) is 0 Å². The zero-order valence-electron chi connectivity index (χ0n) is 22.1. The lowest BCUT2D eigenvalue weighted by molar-refractivity contribution is 0.00578. The molecule has 0 unspecified atom stereocenters. The summed E-state index contributed by atoms with van der Waals surface area (Å²) in [4.78, 5) is 0. The molecule has 7 rings (SSSR count). The van der Waals surface area contributed by atoms with Crippen LogP contribution in [0.25, 0.3) is 55.0 Å². The molecule has 5 aromatic carbocycles. The van der Waals surface area contributed by atoms with Crippen molar-refractivity contribution in [3.63, 3.8) is 0 Å². The average Bonchev–Trinajstić information content (AvgIpc) is 3.41. The molecule has 0 radical (unpaired) electrons. The monoisotopic (exact) mass is 496 g/mol. The summed E-state index contributed by atoms with van der Waals surface area (Å²) < 4.78 is 19.3. The van der Waals surface area contributed by atoms with E-state index in [0.29, 0.717) is 0 Å². The maximum Gasteiger partial charge on any atom is 0.495 e. The molecule has 38 heavy (non-hydrogen) atoms. The van der Waals surface area contributed by atoms with Gasteiger partial charge in [0.25, 0.3) is 0 Å². The molecule has 0 spiro atoms. The predicted molar refractivity (Wildman–Crippen MR) is 158 cm³/mol. The second-order valence-corrected chi connectivity index (χ2v) is 11.2. The van der Waals surface area contributed by atoms with E-state index < -0.39 is 18.3 Å². The van der Waals surface area contributed by atoms with Gasteiger partial charge in [-0.1, -0.05) is 84.9 Å². The van der Waals surface area contributed by atoms with Crippen LogP contribution in [0.5, 0.6) is 0 Å². The van der Waals surface area contributed by atoms with Gasteiger partial charge < -0.3 is 13.7 Å². The van der Waals surface area contributed by atoms with Crippen LogP contribution in [-0.2, 0) is 9.31 Å². The van der Waals surface area contributed by atoms with Crippen molar-refractivity contribution in [2.24, 2.45) is 0 Å². The van der Waals surface area contributed by atoms with Gasteiger partial charge in [0.1, 0.15) is 11.2 Å². The zero-order chi connectivity index (χ0) is 26.1. The molecule has 0 aliphatic carbocycles. The van der Waals surface area contributed by atoms with Crippen LogP contribution in [0, 0.1) is 0 Å². The van der Waals surface area contributed by atoms with Crippen LogP contribution < -0.4 is 5.46 Å². The van der Waals surface area contributed by atoms with Gasteiger partial charge >= 0.3 is 7.12 Å². The number of hydrogen-bond acceptors (Lipinski definition) is 3. The normalized spacial score (nSPS) is 16.6. The van der Waals surface area contributed by atoms with E-state index in [9.17, 15) is 0 Å². The Morgan fingerprint density at radius 2 is 1.29 bits per heavy atom. The second kappa shape index (κ2) is 8.32. The van der Waals surface area contributed by atoms with E-state index in [1.165, 1.54) is 10.8 Å². The lowest BCUT2D eigenvalue weighted by Gasteiger charge is -2.32. The first kappa shape index (κ1) is 23.3. The molecule has 1 aromatic heterocycles. The van der Waals surface area contributed by atoms with Gasteiger partial charge in [0.05, 0.1) is 11.2 Å². The molecule has 0 N–H and O–H groups in total. The highest BCUT2D eigenvalue weighted by molar-refractivity contribution is 6.64. The largest absolute Gasteiger partial charge is 0.495 e. The fourth-order valence-corrected chi connectivity index (χ4v) is 5.62. The minimum Gasteiger partial charge on any atom is -0.456 e. The molecule has 1 aliphatic heterocycles. The summed E-state index contributed by atoms with van der Waals surface area (Å²) in [5.74, 6) is 0. The topological polar surface area (TPSA) is 31.6 Å². The van der Waals surface area contributed by atoms with Crippen molar-refractivity contribution >= 4 is 45.3 Å². The van der Waals surface area contributed by atoms with Gasteiger partial charge in [-0.15, -0.1) is 0 Å². The fourth-order valence-electron chi connectivity index (χ4n) is 5.62. The molecule has 4 heteroatoms. The van der Waals surface area contributed by atoms with E-state index in [0.717, 1.165) is 49.7 Å². The molecule has 1 fully saturated rings. The van der Waals surface area contributed by atoms with Gasteiger partial charge in [-0.05, 0) is 84.4 Å². The molecule has 0 bridgehead atoms. The number of rotatable bonds is 3. The summed E-state index contributed by atoms with van der Waals surface area (Å²) in [6, 6.07) is 36.2. The number of hydrogen-bond donors (Lipinski definition) is 0. The van der Waals surface area contributed by atoms with Crippen molar-refractivity contribution in [2.75, 3.05) is 0 Å². The Morgan fingerprint density at radius 1 is 0.579 bits per heavy atom. The van der Waals surface area contributed by atoms with Crippen LogP contribution in [0.4, 0.5) is 0 Å². The zero-order valence-corrected chi connectivity index (χ0v) is 22.1. The Morgan fingerprint density at radius 3 is 2.08 bits per heavy atom. The van der Waals surface area contributed by atoms with Crippen LogP contribution in [0.15, 0.2) is 108 Å². The van der Waals surface area contributed by atoms with Gasteiger partial charge in [0.15, 0.2) is 0 Å². The Balaban J connectivity index is 1.47. The second-order valence-electron chi connectivity index (χ2n) is 11.2. The standard InChI is InChI=1S/C34H29BO3/c1-33(2)34(3,4)38-35(37-33)28-16-10-15-26(31(28)23-12-6-5-7-13-23)24-18-19-29-27(21-24)32-25-14-9-8-11-22(25)17-20-30(32)36-29/h5-21H,1-4H3. The van der Waals surface area contributed by atoms with Crippen molar-refractivity contribution < 1.29 is 13.7 Å². The van der Waals surface area contributed by atoms with E-state index in [1.54, 1.807) is 0 Å². The first-order valence-corrected chi connectivity index (χ1v) is 13.2. The highest BCUT2D eigenvalue weighted by Crippen LogP contribution is 2.41. The van der Waals surface area contributed by atoms with Crippen molar-refractivity contribution in [1.82, 2.24) is 0 Å². The summed E-state index contributed by atoms with van der Waals surface area (Å²) in [6.07, 6.45) is 0. The third kappa shape index (κ3) is 3.52. The van der Waals surface area contributed by atoms with E-state index in [-0.39, 0.29) is 0 Å². The van der Waals surface area contributed by atoms with E-state index >= 15 is 0 Å². The third-order valence-corrected chi connectivity index (χ3v) is 8.34. The highest BCUT2D eigenvalue weighted by Gasteiger charge is 2.52. The van der Waals surface area contributed by atoms with Crippen molar-refractivity contribution in [2.45, 2.75) is 38.9 Å². The molecule has 0 atom stereocenters. The summed E-state index contributed by atoms with van der Waals surface area (Å²) in [7, 11) is -0.461. The van der Waals surface area contributed by atoms with Gasteiger partial charge in [0, 0.05) is 10.8 Å². The summed E-state index contributed by atoms with van der Waals surface area (Å²) in [5, 5.41) is 4.69. The molecule has 1 saturated heterocycles. The van der Waals surface area contributed by atoms with E-state index in [2.05, 4.69) is 131 Å². The number of furan rings is 1. The first-order valence-electron chi connectivity index (χ1n) is 13.2. The van der Waals surface area contributed by atoms with Gasteiger partial charge in [-0.3, -0.25) is 0 Å². The van der Waals surface area contributed by atoms with Crippen LogP contribution in [0.1, 0.15) is 27.7 Å². The first-order chi connectivity index (χ1) is 18.3. The number of fused-ring (bicyclic) bond motifs is 5. The van der Waals surface area contributed by atoms with Crippen LogP contribution in [0.2, 0.25) is 0 Å². The minimum atomic E-state index is -0.461. The Hall–Kier alpha value is -3.86.